The van der Waals surface area contributed by atoms with E-state index < -0.39 is 74.4 Å². The van der Waals surface area contributed by atoms with Crippen LogP contribution in [0.1, 0.15) is 39.3 Å². The maximum absolute atomic E-state index is 13.6. The molecule has 2 fully saturated rings. The molecule has 2 amide bonds. The number of oxime groups is 1. The van der Waals surface area contributed by atoms with Gasteiger partial charge in [0.15, 0.2) is 27.9 Å². The number of thiazole rings is 1. The minimum absolute atomic E-state index is 0. The number of aromatic hydroxyl groups is 2. The Morgan fingerprint density at radius 1 is 1.15 bits per heavy atom. The van der Waals surface area contributed by atoms with Gasteiger partial charge in [-0.05, 0) is 32.9 Å². The van der Waals surface area contributed by atoms with Crippen LogP contribution in [-0.2, 0) is 30.6 Å². The SMILES string of the molecule is C[C@@H]1S[C@@H]2[C@H](NC(=O)/C(=N\OC(C)(C)C(=O)[O-])c3csc(N)n3)C(=O)N2C(C(=O)[O-])=C1C[N+]1(CCn2oc(=O)c3cc(O)c(O)cc3c2=O)CCCC1.[Na+]. The summed E-state index contributed by atoms with van der Waals surface area (Å²) in [6.07, 6.45) is 1.58. The maximum atomic E-state index is 13.6. The molecule has 3 aromatic rings. The number of fused-ring (bicyclic) bond motifs is 2. The van der Waals surface area contributed by atoms with Gasteiger partial charge in [0, 0.05) is 29.0 Å². The van der Waals surface area contributed by atoms with E-state index >= 15 is 0 Å². The first-order valence-corrected chi connectivity index (χ1v) is 18.1. The number of hydrogen-bond acceptors (Lipinski definition) is 17. The fourth-order valence-electron chi connectivity index (χ4n) is 6.58. The number of likely N-dealkylation sites (tertiary alicyclic amines) is 1. The number of hydrogen-bond donors (Lipinski definition) is 4. The first-order valence-electron chi connectivity index (χ1n) is 16.3. The molecule has 0 spiro atoms. The molecule has 2 saturated heterocycles. The summed E-state index contributed by atoms with van der Waals surface area (Å²) in [5, 5.41) is 49.9. The molecule has 5 N–H and O–H groups in total. The van der Waals surface area contributed by atoms with Gasteiger partial charge in [-0.3, -0.25) is 19.3 Å². The number of phenolic OH excluding ortho intramolecular Hbond substituents is 2. The number of β-lactam (4-membered cyclic amide) rings is 1. The summed E-state index contributed by atoms with van der Waals surface area (Å²) in [6, 6.07) is 0.731. The summed E-state index contributed by atoms with van der Waals surface area (Å²) in [6.45, 7) is 5.62. The minimum atomic E-state index is -1.93. The molecule has 54 heavy (non-hydrogen) atoms. The van der Waals surface area contributed by atoms with Crippen molar-refractivity contribution in [1.29, 1.82) is 0 Å². The van der Waals surface area contributed by atoms with Gasteiger partial charge in [0.05, 0.1) is 41.5 Å². The number of benzene rings is 1. The Morgan fingerprint density at radius 3 is 2.39 bits per heavy atom. The molecule has 5 heterocycles. The molecule has 0 radical (unpaired) electrons. The first-order chi connectivity index (χ1) is 24.9. The number of nitrogens with two attached hydrogens (primary N) is 1. The number of aliphatic carboxylic acids is 2. The van der Waals surface area contributed by atoms with Gasteiger partial charge in [0.1, 0.15) is 36.7 Å². The Balaban J connectivity index is 0.00000561. The number of nitrogens with zero attached hydrogens (tertiary/aromatic N) is 5. The Labute approximate surface area is 335 Å². The summed E-state index contributed by atoms with van der Waals surface area (Å²) in [5.41, 5.74) is 1.76. The molecular formula is C32H34N7NaO12S2. The third kappa shape index (κ3) is 7.60. The number of quaternary nitrogens is 1. The third-order valence-corrected chi connectivity index (χ3v) is 11.7. The van der Waals surface area contributed by atoms with Crippen LogP contribution in [0.3, 0.4) is 0 Å². The van der Waals surface area contributed by atoms with E-state index in [0.29, 0.717) is 23.1 Å². The zero-order chi connectivity index (χ0) is 38.6. The molecule has 2 aromatic heterocycles. The third-order valence-electron chi connectivity index (χ3n) is 9.52. The Hall–Kier alpha value is -4.41. The number of nitrogen functional groups attached to an aromatic ring is 1. The van der Waals surface area contributed by atoms with Crippen LogP contribution in [0.2, 0.25) is 0 Å². The van der Waals surface area contributed by atoms with Crippen molar-refractivity contribution >= 4 is 68.5 Å². The number of aromatic nitrogens is 2. The van der Waals surface area contributed by atoms with Crippen molar-refractivity contribution in [3.63, 3.8) is 0 Å². The van der Waals surface area contributed by atoms with Crippen LogP contribution in [-0.4, -0.2) is 107 Å². The zero-order valence-corrected chi connectivity index (χ0v) is 33.2. The predicted molar refractivity (Wildman–Crippen MR) is 184 cm³/mol. The van der Waals surface area contributed by atoms with E-state index in [1.165, 1.54) is 17.1 Å². The van der Waals surface area contributed by atoms with E-state index in [2.05, 4.69) is 15.5 Å². The molecule has 0 aliphatic carbocycles. The van der Waals surface area contributed by atoms with Gasteiger partial charge in [0.25, 0.3) is 17.4 Å². The average molecular weight is 796 g/mol. The van der Waals surface area contributed by atoms with Gasteiger partial charge >= 0.3 is 35.2 Å². The monoisotopic (exact) mass is 795 g/mol. The normalized spacial score (nSPS) is 20.9. The van der Waals surface area contributed by atoms with E-state index in [4.69, 9.17) is 15.1 Å². The Bertz CT molecular complexity index is 2230. The van der Waals surface area contributed by atoms with Crippen LogP contribution in [0.5, 0.6) is 11.5 Å². The molecule has 0 bridgehead atoms. The van der Waals surface area contributed by atoms with E-state index in [0.717, 1.165) is 59.8 Å². The first kappa shape index (κ1) is 40.8. The molecule has 0 unspecified atom stereocenters. The second kappa shape index (κ2) is 15.4. The quantitative estimate of drug-likeness (QED) is 0.0333. The van der Waals surface area contributed by atoms with Crippen molar-refractivity contribution in [3.05, 3.63) is 55.3 Å². The molecule has 0 saturated carbocycles. The fraction of sp³-hybridized carbons (Fsp3) is 0.438. The van der Waals surface area contributed by atoms with Gasteiger partial charge < -0.3 is 54.9 Å². The summed E-state index contributed by atoms with van der Waals surface area (Å²) in [5.74, 6) is -6.05. The molecule has 6 rings (SSSR count). The summed E-state index contributed by atoms with van der Waals surface area (Å²) in [7, 11) is 0. The predicted octanol–water partition coefficient (Wildman–Crippen LogP) is -5.24. The van der Waals surface area contributed by atoms with Crippen molar-refractivity contribution in [2.75, 3.05) is 31.9 Å². The van der Waals surface area contributed by atoms with Gasteiger partial charge in [-0.25, -0.2) is 9.78 Å². The maximum Gasteiger partial charge on any atom is 1.00 e. The molecular weight excluding hydrogens is 762 g/mol. The molecule has 282 valence electrons. The van der Waals surface area contributed by atoms with E-state index in [9.17, 15) is 49.2 Å². The van der Waals surface area contributed by atoms with Crippen LogP contribution < -0.4 is 62.0 Å². The van der Waals surface area contributed by atoms with Crippen molar-refractivity contribution in [2.24, 2.45) is 5.16 Å². The number of carbonyl (C=O) groups excluding carboxylic acids is 4. The van der Waals surface area contributed by atoms with Crippen molar-refractivity contribution in [3.8, 4) is 11.5 Å². The Morgan fingerprint density at radius 2 is 1.80 bits per heavy atom. The van der Waals surface area contributed by atoms with Gasteiger partial charge in [0.2, 0.25) is 0 Å². The number of anilines is 1. The smallest absolute Gasteiger partial charge is 0.546 e. The molecule has 1 aromatic carbocycles. The van der Waals surface area contributed by atoms with Crippen molar-refractivity contribution in [2.45, 2.75) is 62.4 Å². The van der Waals surface area contributed by atoms with Crippen molar-refractivity contribution < 1.29 is 83.0 Å². The zero-order valence-electron chi connectivity index (χ0n) is 29.5. The average Bonchev–Trinajstić information content (AvgIpc) is 3.75. The molecule has 19 nitrogen and oxygen atoms in total. The summed E-state index contributed by atoms with van der Waals surface area (Å²) < 4.78 is 6.44. The van der Waals surface area contributed by atoms with Gasteiger partial charge in [-0.15, -0.1) is 23.1 Å². The van der Waals surface area contributed by atoms with Crippen molar-refractivity contribution in [1.82, 2.24) is 19.9 Å². The van der Waals surface area contributed by atoms with Crippen LogP contribution in [0.25, 0.3) is 10.8 Å². The number of nitrogens with one attached hydrogen (secondary N) is 1. The number of phenols is 2. The number of amides is 2. The summed E-state index contributed by atoms with van der Waals surface area (Å²) in [4.78, 5) is 87.2. The van der Waals surface area contributed by atoms with E-state index in [-0.39, 0.29) is 76.5 Å². The minimum Gasteiger partial charge on any atom is -0.546 e. The topological polar surface area (TPSA) is 283 Å². The second-order valence-corrected chi connectivity index (χ2v) is 15.8. The molecule has 3 atom stereocenters. The van der Waals surface area contributed by atoms with E-state index in [1.807, 2.05) is 0 Å². The largest absolute Gasteiger partial charge is 1.00 e. The van der Waals surface area contributed by atoms with Crippen LogP contribution in [0, 0.1) is 0 Å². The molecule has 22 heteroatoms. The van der Waals surface area contributed by atoms with Crippen LogP contribution in [0.15, 0.2) is 48.1 Å². The standard InChI is InChI=1S/C32H35N7O12S2.Na/c1-14-17(12-39(7-4-5-8-39)9-6-37-25(43)15-10-19(40)20(41)11-16(15)29(47)50-37)23(28(45)46)38-26(44)22(27(38)53-14)35-24(42)21(18-13-52-31(33)34-18)36-51-32(2,3)30(48)49;/h10-11,13-14,22,27H,4-9,12H2,1-3H3,(H6-,33,34,35,36,40,41,42,43,45,46,47,48,49);/q;+1/p-1/t14-,22+,27+;/m0./s1. The van der Waals surface area contributed by atoms with E-state index in [1.54, 1.807) is 6.92 Å². The van der Waals surface area contributed by atoms with Crippen LogP contribution in [0.4, 0.5) is 5.13 Å². The fourth-order valence-corrected chi connectivity index (χ4v) is 8.57. The number of thioether (sulfide) groups is 1. The second-order valence-electron chi connectivity index (χ2n) is 13.4. The number of carbonyl (C=O) groups is 4. The Kier molecular flexibility index (Phi) is 11.6. The van der Waals surface area contributed by atoms with Crippen LogP contribution >= 0.6 is 23.1 Å². The van der Waals surface area contributed by atoms with Gasteiger partial charge in [-0.2, -0.15) is 4.74 Å². The molecule has 3 aliphatic rings. The molecule has 3 aliphatic heterocycles. The van der Waals surface area contributed by atoms with Gasteiger partial charge in [-0.1, -0.05) is 5.16 Å². The number of carboxylic acid groups (broad SMARTS) is 2. The number of carboxylic acids is 2. The number of rotatable bonds is 12. The summed E-state index contributed by atoms with van der Waals surface area (Å²) >= 11 is 2.22.